The summed E-state index contributed by atoms with van der Waals surface area (Å²) in [5.74, 6) is 1.43. The largest absolute Gasteiger partial charge is 0.371 e. The highest BCUT2D eigenvalue weighted by Gasteiger charge is 2.17. The summed E-state index contributed by atoms with van der Waals surface area (Å²) in [4.78, 5) is 2.52. The molecule has 2 nitrogen and oxygen atoms in total. The van der Waals surface area contributed by atoms with Crippen molar-refractivity contribution in [1.82, 2.24) is 5.32 Å². The molecule has 1 aromatic carbocycles. The fraction of sp³-hybridized carbons (Fsp3) is 0.571. The molecule has 1 heterocycles. The Hall–Kier alpha value is -1.02. The maximum atomic E-state index is 3.53. The van der Waals surface area contributed by atoms with E-state index in [1.807, 2.05) is 0 Å². The van der Waals surface area contributed by atoms with E-state index in [1.165, 1.54) is 5.69 Å². The topological polar surface area (TPSA) is 15.3 Å². The summed E-state index contributed by atoms with van der Waals surface area (Å²) in [5.41, 5.74) is 1.36. The van der Waals surface area contributed by atoms with Gasteiger partial charge in [-0.2, -0.15) is 0 Å². The Kier molecular flexibility index (Phi) is 3.83. The minimum atomic E-state index is 0.715. The molecule has 0 amide bonds. The Balaban J connectivity index is 2.10. The van der Waals surface area contributed by atoms with Crippen LogP contribution in [0.25, 0.3) is 0 Å². The molecule has 1 aromatic rings. The molecule has 0 spiro atoms. The standard InChI is InChI=1S/C14H22N2/c1-12-8-15-9-13(2)11-16(10-12)14-6-4-3-5-7-14/h3-7,12-13,15H,8-11H2,1-2H3. The van der Waals surface area contributed by atoms with E-state index in [-0.39, 0.29) is 0 Å². The van der Waals surface area contributed by atoms with Crippen LogP contribution in [0.2, 0.25) is 0 Å². The normalized spacial score (nSPS) is 27.2. The third-order valence-corrected chi connectivity index (χ3v) is 3.17. The molecule has 0 radical (unpaired) electrons. The minimum absolute atomic E-state index is 0.715. The van der Waals surface area contributed by atoms with E-state index in [2.05, 4.69) is 54.4 Å². The second-order valence-electron chi connectivity index (χ2n) is 5.11. The van der Waals surface area contributed by atoms with Crippen molar-refractivity contribution in [3.63, 3.8) is 0 Å². The van der Waals surface area contributed by atoms with Gasteiger partial charge in [0.05, 0.1) is 0 Å². The zero-order chi connectivity index (χ0) is 11.4. The molecule has 0 bridgehead atoms. The quantitative estimate of drug-likeness (QED) is 0.778. The van der Waals surface area contributed by atoms with Crippen LogP contribution < -0.4 is 10.2 Å². The first-order chi connectivity index (χ1) is 7.75. The summed E-state index contributed by atoms with van der Waals surface area (Å²) in [5, 5.41) is 3.53. The molecule has 1 aliphatic rings. The summed E-state index contributed by atoms with van der Waals surface area (Å²) in [6, 6.07) is 10.8. The predicted octanol–water partition coefficient (Wildman–Crippen LogP) is 2.37. The van der Waals surface area contributed by atoms with E-state index in [4.69, 9.17) is 0 Å². The Morgan fingerprint density at radius 2 is 1.56 bits per heavy atom. The van der Waals surface area contributed by atoms with Gasteiger partial charge in [0, 0.05) is 18.8 Å². The Morgan fingerprint density at radius 1 is 1.00 bits per heavy atom. The van der Waals surface area contributed by atoms with Crippen LogP contribution in [0.4, 0.5) is 5.69 Å². The van der Waals surface area contributed by atoms with Gasteiger partial charge in [0.25, 0.3) is 0 Å². The van der Waals surface area contributed by atoms with Gasteiger partial charge in [-0.25, -0.2) is 0 Å². The van der Waals surface area contributed by atoms with Gasteiger partial charge < -0.3 is 10.2 Å². The summed E-state index contributed by atoms with van der Waals surface area (Å²) in [7, 11) is 0. The van der Waals surface area contributed by atoms with Crippen LogP contribution in [-0.2, 0) is 0 Å². The van der Waals surface area contributed by atoms with Gasteiger partial charge in [-0.1, -0.05) is 32.0 Å². The molecule has 1 aliphatic heterocycles. The van der Waals surface area contributed by atoms with Crippen LogP contribution in [-0.4, -0.2) is 26.2 Å². The lowest BCUT2D eigenvalue weighted by atomic mass is 10.0. The van der Waals surface area contributed by atoms with Crippen molar-refractivity contribution in [2.24, 2.45) is 11.8 Å². The Morgan fingerprint density at radius 3 is 2.12 bits per heavy atom. The molecule has 1 saturated heterocycles. The third kappa shape index (κ3) is 2.99. The number of hydrogen-bond acceptors (Lipinski definition) is 2. The second-order valence-corrected chi connectivity index (χ2v) is 5.11. The number of nitrogens with one attached hydrogen (secondary N) is 1. The van der Waals surface area contributed by atoms with Crippen molar-refractivity contribution >= 4 is 5.69 Å². The maximum absolute atomic E-state index is 3.53. The Labute approximate surface area is 98.7 Å². The zero-order valence-electron chi connectivity index (χ0n) is 10.3. The van der Waals surface area contributed by atoms with Gasteiger partial charge >= 0.3 is 0 Å². The number of nitrogens with zero attached hydrogens (tertiary/aromatic N) is 1. The monoisotopic (exact) mass is 218 g/mol. The summed E-state index contributed by atoms with van der Waals surface area (Å²) in [6.07, 6.45) is 0. The predicted molar refractivity (Wildman–Crippen MR) is 69.9 cm³/mol. The lowest BCUT2D eigenvalue weighted by Gasteiger charge is -2.33. The zero-order valence-corrected chi connectivity index (χ0v) is 10.3. The van der Waals surface area contributed by atoms with E-state index in [9.17, 15) is 0 Å². The smallest absolute Gasteiger partial charge is 0.0366 e. The summed E-state index contributed by atoms with van der Waals surface area (Å²) in [6.45, 7) is 9.21. The van der Waals surface area contributed by atoms with Crippen LogP contribution in [0.5, 0.6) is 0 Å². The highest BCUT2D eigenvalue weighted by Crippen LogP contribution is 2.18. The molecule has 1 N–H and O–H groups in total. The van der Waals surface area contributed by atoms with Crippen molar-refractivity contribution < 1.29 is 0 Å². The SMILES string of the molecule is CC1CNCC(C)CN(c2ccccc2)C1. The Bertz CT molecular complexity index is 298. The van der Waals surface area contributed by atoms with Gasteiger partial charge in [-0.05, 0) is 37.1 Å². The highest BCUT2D eigenvalue weighted by molar-refractivity contribution is 5.46. The number of para-hydroxylation sites is 1. The van der Waals surface area contributed by atoms with Gasteiger partial charge in [-0.15, -0.1) is 0 Å². The van der Waals surface area contributed by atoms with Gasteiger partial charge in [0.2, 0.25) is 0 Å². The van der Waals surface area contributed by atoms with Crippen LogP contribution >= 0.6 is 0 Å². The molecule has 0 aromatic heterocycles. The first-order valence-electron chi connectivity index (χ1n) is 6.26. The van der Waals surface area contributed by atoms with Crippen molar-refractivity contribution in [3.8, 4) is 0 Å². The molecule has 2 heteroatoms. The molecule has 0 saturated carbocycles. The number of rotatable bonds is 1. The summed E-state index contributed by atoms with van der Waals surface area (Å²) < 4.78 is 0. The first kappa shape index (κ1) is 11.5. The summed E-state index contributed by atoms with van der Waals surface area (Å²) >= 11 is 0. The molecular formula is C14H22N2. The van der Waals surface area contributed by atoms with E-state index in [1.54, 1.807) is 0 Å². The van der Waals surface area contributed by atoms with Crippen LogP contribution in [0.1, 0.15) is 13.8 Å². The molecule has 2 rings (SSSR count). The number of anilines is 1. The van der Waals surface area contributed by atoms with Crippen molar-refractivity contribution in [3.05, 3.63) is 30.3 Å². The molecule has 0 aliphatic carbocycles. The van der Waals surface area contributed by atoms with Gasteiger partial charge in [0.1, 0.15) is 0 Å². The molecule has 88 valence electrons. The molecule has 1 fully saturated rings. The highest BCUT2D eigenvalue weighted by atomic mass is 15.1. The lowest BCUT2D eigenvalue weighted by Crippen LogP contribution is -2.42. The number of benzene rings is 1. The second kappa shape index (κ2) is 5.35. The van der Waals surface area contributed by atoms with Crippen molar-refractivity contribution in [2.45, 2.75) is 13.8 Å². The van der Waals surface area contributed by atoms with Crippen molar-refractivity contribution in [1.29, 1.82) is 0 Å². The van der Waals surface area contributed by atoms with Gasteiger partial charge in [0.15, 0.2) is 0 Å². The minimum Gasteiger partial charge on any atom is -0.371 e. The van der Waals surface area contributed by atoms with Crippen LogP contribution in [0, 0.1) is 11.8 Å². The van der Waals surface area contributed by atoms with Gasteiger partial charge in [-0.3, -0.25) is 0 Å². The van der Waals surface area contributed by atoms with Crippen LogP contribution in [0.3, 0.4) is 0 Å². The molecule has 16 heavy (non-hydrogen) atoms. The fourth-order valence-electron chi connectivity index (χ4n) is 2.38. The van der Waals surface area contributed by atoms with E-state index in [0.717, 1.165) is 26.2 Å². The molecule has 2 atom stereocenters. The fourth-order valence-corrected chi connectivity index (χ4v) is 2.38. The number of hydrogen-bond donors (Lipinski definition) is 1. The maximum Gasteiger partial charge on any atom is 0.0366 e. The van der Waals surface area contributed by atoms with E-state index >= 15 is 0 Å². The lowest BCUT2D eigenvalue weighted by molar-refractivity contribution is 0.410. The van der Waals surface area contributed by atoms with Crippen molar-refractivity contribution in [2.75, 3.05) is 31.1 Å². The average Bonchev–Trinajstić information content (AvgIpc) is 2.27. The first-order valence-corrected chi connectivity index (χ1v) is 6.26. The van der Waals surface area contributed by atoms with E-state index < -0.39 is 0 Å². The van der Waals surface area contributed by atoms with Crippen LogP contribution in [0.15, 0.2) is 30.3 Å². The molecule has 2 unspecified atom stereocenters. The molecular weight excluding hydrogens is 196 g/mol. The van der Waals surface area contributed by atoms with E-state index in [0.29, 0.717) is 11.8 Å². The third-order valence-electron chi connectivity index (χ3n) is 3.17. The average molecular weight is 218 g/mol.